The number of hydrogen-bond donors (Lipinski definition) is 0. The highest BCUT2D eigenvalue weighted by atomic mass is 32.2. The summed E-state index contributed by atoms with van der Waals surface area (Å²) in [6.45, 7) is 3.59. The first kappa shape index (κ1) is 10.3. The molecule has 0 atom stereocenters. The average molecular weight is 198 g/mol. The summed E-state index contributed by atoms with van der Waals surface area (Å²) in [7, 11) is 1.92. The second kappa shape index (κ2) is 4.46. The minimum absolute atomic E-state index is 0.242. The molecule has 13 heavy (non-hydrogen) atoms. The maximum atomic E-state index is 10.7. The molecule has 0 amide bonds. The number of thioether (sulfide) groups is 1. The SMILES string of the molecule is CC(=O)CCSc1cc(C)nn1C. The first-order chi connectivity index (χ1) is 6.09. The van der Waals surface area contributed by atoms with Crippen LogP contribution in [0.4, 0.5) is 0 Å². The molecular formula is C9H14N2OS. The van der Waals surface area contributed by atoms with Crippen LogP contribution in [0.25, 0.3) is 0 Å². The molecule has 72 valence electrons. The van der Waals surface area contributed by atoms with Crippen molar-refractivity contribution in [3.63, 3.8) is 0 Å². The van der Waals surface area contributed by atoms with Gasteiger partial charge in [-0.1, -0.05) is 0 Å². The third-order valence-corrected chi connectivity index (χ3v) is 2.75. The third kappa shape index (κ3) is 3.22. The minimum atomic E-state index is 0.242. The predicted molar refractivity (Wildman–Crippen MR) is 54.0 cm³/mol. The van der Waals surface area contributed by atoms with Gasteiger partial charge in [-0.15, -0.1) is 11.8 Å². The zero-order valence-corrected chi connectivity index (χ0v) is 9.02. The maximum absolute atomic E-state index is 10.7. The van der Waals surface area contributed by atoms with Crippen molar-refractivity contribution in [1.82, 2.24) is 9.78 Å². The van der Waals surface area contributed by atoms with Gasteiger partial charge in [-0.2, -0.15) is 5.10 Å². The van der Waals surface area contributed by atoms with Crippen LogP contribution in [0.15, 0.2) is 11.1 Å². The molecule has 0 radical (unpaired) electrons. The van der Waals surface area contributed by atoms with E-state index in [4.69, 9.17) is 0 Å². The van der Waals surface area contributed by atoms with E-state index >= 15 is 0 Å². The van der Waals surface area contributed by atoms with Crippen molar-refractivity contribution < 1.29 is 4.79 Å². The van der Waals surface area contributed by atoms with E-state index in [0.29, 0.717) is 6.42 Å². The van der Waals surface area contributed by atoms with E-state index in [0.717, 1.165) is 16.5 Å². The number of carbonyl (C=O) groups is 1. The van der Waals surface area contributed by atoms with Gasteiger partial charge in [-0.05, 0) is 19.9 Å². The van der Waals surface area contributed by atoms with E-state index < -0.39 is 0 Å². The molecule has 1 aromatic heterocycles. The van der Waals surface area contributed by atoms with Gasteiger partial charge >= 0.3 is 0 Å². The van der Waals surface area contributed by atoms with Crippen LogP contribution >= 0.6 is 11.8 Å². The Kier molecular flexibility index (Phi) is 3.54. The Labute approximate surface area is 82.5 Å². The number of nitrogens with zero attached hydrogens (tertiary/aromatic N) is 2. The molecule has 0 aliphatic rings. The Morgan fingerprint density at radius 2 is 2.38 bits per heavy atom. The van der Waals surface area contributed by atoms with Crippen LogP contribution in [0.2, 0.25) is 0 Å². The van der Waals surface area contributed by atoms with Crippen molar-refractivity contribution in [3.8, 4) is 0 Å². The molecule has 3 nitrogen and oxygen atoms in total. The van der Waals surface area contributed by atoms with Gasteiger partial charge in [0.2, 0.25) is 0 Å². The quantitative estimate of drug-likeness (QED) is 0.692. The number of Topliss-reactive ketones (excluding diaryl/α,β-unsaturated/α-hetero) is 1. The van der Waals surface area contributed by atoms with E-state index in [1.807, 2.05) is 24.7 Å². The predicted octanol–water partition coefficient (Wildman–Crippen LogP) is 1.80. The lowest BCUT2D eigenvalue weighted by Gasteiger charge is -1.98. The Morgan fingerprint density at radius 3 is 2.85 bits per heavy atom. The van der Waals surface area contributed by atoms with Crippen LogP contribution in [0.5, 0.6) is 0 Å². The first-order valence-electron chi connectivity index (χ1n) is 4.22. The highest BCUT2D eigenvalue weighted by Crippen LogP contribution is 2.18. The van der Waals surface area contributed by atoms with Crippen molar-refractivity contribution >= 4 is 17.5 Å². The van der Waals surface area contributed by atoms with E-state index in [1.54, 1.807) is 18.7 Å². The molecule has 4 heteroatoms. The molecule has 1 heterocycles. The van der Waals surface area contributed by atoms with E-state index in [-0.39, 0.29) is 5.78 Å². The Hall–Kier alpha value is -0.770. The normalized spacial score (nSPS) is 10.4. The van der Waals surface area contributed by atoms with E-state index in [2.05, 4.69) is 5.10 Å². The molecule has 0 bridgehead atoms. The number of aromatic nitrogens is 2. The summed E-state index contributed by atoms with van der Waals surface area (Å²) in [6, 6.07) is 2.03. The Bertz CT molecular complexity index is 307. The second-order valence-corrected chi connectivity index (χ2v) is 4.16. The van der Waals surface area contributed by atoms with Crippen molar-refractivity contribution in [1.29, 1.82) is 0 Å². The lowest BCUT2D eigenvalue weighted by Crippen LogP contribution is -1.95. The van der Waals surface area contributed by atoms with Gasteiger partial charge in [0.25, 0.3) is 0 Å². The van der Waals surface area contributed by atoms with Crippen molar-refractivity contribution in [3.05, 3.63) is 11.8 Å². The monoisotopic (exact) mass is 198 g/mol. The maximum Gasteiger partial charge on any atom is 0.130 e. The highest BCUT2D eigenvalue weighted by Gasteiger charge is 2.02. The Morgan fingerprint density at radius 1 is 1.69 bits per heavy atom. The van der Waals surface area contributed by atoms with Crippen LogP contribution in [0.3, 0.4) is 0 Å². The van der Waals surface area contributed by atoms with Gasteiger partial charge in [0.05, 0.1) is 10.7 Å². The number of hydrogen-bond acceptors (Lipinski definition) is 3. The molecule has 0 spiro atoms. The molecule has 0 N–H and O–H groups in total. The summed E-state index contributed by atoms with van der Waals surface area (Å²) in [5, 5.41) is 5.34. The number of carbonyl (C=O) groups excluding carboxylic acids is 1. The number of aryl methyl sites for hydroxylation is 2. The summed E-state index contributed by atoms with van der Waals surface area (Å²) in [4.78, 5) is 10.7. The fourth-order valence-electron chi connectivity index (χ4n) is 1.02. The first-order valence-corrected chi connectivity index (χ1v) is 5.21. The van der Waals surface area contributed by atoms with Gasteiger partial charge in [-0.25, -0.2) is 0 Å². The molecule has 0 fully saturated rings. The molecule has 1 aromatic rings. The smallest absolute Gasteiger partial charge is 0.130 e. The molecule has 0 aliphatic heterocycles. The molecule has 0 saturated heterocycles. The molecular weight excluding hydrogens is 184 g/mol. The van der Waals surface area contributed by atoms with Crippen molar-refractivity contribution in [2.45, 2.75) is 25.3 Å². The molecule has 0 aliphatic carbocycles. The summed E-state index contributed by atoms with van der Waals surface area (Å²) < 4.78 is 1.85. The highest BCUT2D eigenvalue weighted by molar-refractivity contribution is 7.99. The Balaban J connectivity index is 2.45. The fraction of sp³-hybridized carbons (Fsp3) is 0.556. The number of ketones is 1. The number of rotatable bonds is 4. The topological polar surface area (TPSA) is 34.9 Å². The van der Waals surface area contributed by atoms with Gasteiger partial charge in [-0.3, -0.25) is 9.48 Å². The summed E-state index contributed by atoms with van der Waals surface area (Å²) in [6.07, 6.45) is 0.634. The van der Waals surface area contributed by atoms with E-state index in [1.165, 1.54) is 0 Å². The van der Waals surface area contributed by atoms with Crippen LogP contribution < -0.4 is 0 Å². The largest absolute Gasteiger partial charge is 0.300 e. The van der Waals surface area contributed by atoms with Crippen LogP contribution in [-0.2, 0) is 11.8 Å². The standard InChI is InChI=1S/C9H14N2OS/c1-7-6-9(11(3)10-7)13-5-4-8(2)12/h6H,4-5H2,1-3H3. The van der Waals surface area contributed by atoms with Crippen LogP contribution in [0.1, 0.15) is 19.0 Å². The van der Waals surface area contributed by atoms with Crippen LogP contribution in [0, 0.1) is 6.92 Å². The average Bonchev–Trinajstić information content (AvgIpc) is 2.29. The van der Waals surface area contributed by atoms with Gasteiger partial charge in [0, 0.05) is 19.2 Å². The lowest BCUT2D eigenvalue weighted by atomic mass is 10.4. The summed E-state index contributed by atoms with van der Waals surface area (Å²) >= 11 is 1.68. The third-order valence-electron chi connectivity index (χ3n) is 1.66. The second-order valence-electron chi connectivity index (χ2n) is 3.05. The molecule has 0 unspecified atom stereocenters. The van der Waals surface area contributed by atoms with E-state index in [9.17, 15) is 4.79 Å². The zero-order chi connectivity index (χ0) is 9.84. The summed E-state index contributed by atoms with van der Waals surface area (Å²) in [5.41, 5.74) is 1.02. The fourth-order valence-corrected chi connectivity index (χ4v) is 2.10. The van der Waals surface area contributed by atoms with Gasteiger partial charge in [0.15, 0.2) is 0 Å². The van der Waals surface area contributed by atoms with Gasteiger partial charge < -0.3 is 0 Å². The van der Waals surface area contributed by atoms with Crippen LogP contribution in [-0.4, -0.2) is 21.3 Å². The van der Waals surface area contributed by atoms with Gasteiger partial charge in [0.1, 0.15) is 5.78 Å². The molecule has 1 rings (SSSR count). The zero-order valence-electron chi connectivity index (χ0n) is 8.20. The van der Waals surface area contributed by atoms with Crippen molar-refractivity contribution in [2.75, 3.05) is 5.75 Å². The summed E-state index contributed by atoms with van der Waals surface area (Å²) in [5.74, 6) is 1.08. The molecule has 0 saturated carbocycles. The molecule has 0 aromatic carbocycles. The minimum Gasteiger partial charge on any atom is -0.300 e. The van der Waals surface area contributed by atoms with Crippen molar-refractivity contribution in [2.24, 2.45) is 7.05 Å². The lowest BCUT2D eigenvalue weighted by molar-refractivity contribution is -0.116.